The first-order chi connectivity index (χ1) is 10.9. The van der Waals surface area contributed by atoms with Crippen LogP contribution >= 0.6 is 22.6 Å². The lowest BCUT2D eigenvalue weighted by molar-refractivity contribution is -0.217. The summed E-state index contributed by atoms with van der Waals surface area (Å²) in [5.41, 5.74) is 0.494. The average molecular weight is 430 g/mol. The smallest absolute Gasteiger partial charge is 0.268 e. The van der Waals surface area contributed by atoms with Crippen LogP contribution in [0.5, 0.6) is 5.88 Å². The Labute approximate surface area is 148 Å². The number of carbonyl (C=O) groups is 1. The molecule has 0 aliphatic rings. The fourth-order valence-electron chi connectivity index (χ4n) is 1.83. The monoisotopic (exact) mass is 430 g/mol. The number of ether oxygens (including phenoxy) is 1. The fraction of sp³-hybridized carbons (Fsp3) is 0.375. The maximum atomic E-state index is 11.0. The summed E-state index contributed by atoms with van der Waals surface area (Å²) in [7, 11) is 0. The minimum absolute atomic E-state index is 0.256. The van der Waals surface area contributed by atoms with E-state index in [2.05, 4.69) is 27.7 Å². The van der Waals surface area contributed by atoms with Crippen LogP contribution in [0.25, 0.3) is 11.3 Å². The quantitative estimate of drug-likeness (QED) is 0.382. The number of hydrogen-bond acceptors (Lipinski definition) is 5. The van der Waals surface area contributed by atoms with Gasteiger partial charge in [-0.25, -0.2) is 5.06 Å². The number of halogens is 1. The molecule has 0 atom stereocenters. The first-order valence-corrected chi connectivity index (χ1v) is 8.23. The van der Waals surface area contributed by atoms with Gasteiger partial charge >= 0.3 is 0 Å². The molecule has 0 aliphatic heterocycles. The number of aromatic nitrogens is 1. The molecule has 1 heterocycles. The highest BCUT2D eigenvalue weighted by atomic mass is 127. The molecule has 0 saturated heterocycles. The molecule has 0 unspecified atom stereocenters. The average Bonchev–Trinajstić information content (AvgIpc) is 2.87. The largest absolute Gasteiger partial charge is 0.473 e. The van der Waals surface area contributed by atoms with Crippen LogP contribution in [-0.2, 0) is 9.63 Å². The Bertz CT molecular complexity index is 637. The van der Waals surface area contributed by atoms with Gasteiger partial charge in [0.15, 0.2) is 5.76 Å². The molecule has 0 spiro atoms. The van der Waals surface area contributed by atoms with E-state index in [9.17, 15) is 4.79 Å². The lowest BCUT2D eigenvalue weighted by Crippen LogP contribution is -2.35. The van der Waals surface area contributed by atoms with Gasteiger partial charge in [0.05, 0.1) is 12.1 Å². The highest BCUT2D eigenvalue weighted by Crippen LogP contribution is 2.31. The first-order valence-electron chi connectivity index (χ1n) is 7.15. The Morgan fingerprint density at radius 2 is 2.00 bits per heavy atom. The predicted molar refractivity (Wildman–Crippen MR) is 93.8 cm³/mol. The van der Waals surface area contributed by atoms with Crippen molar-refractivity contribution in [2.45, 2.75) is 26.4 Å². The van der Waals surface area contributed by atoms with E-state index in [0.717, 1.165) is 9.13 Å². The molecule has 0 aliphatic carbocycles. The third kappa shape index (κ3) is 5.21. The van der Waals surface area contributed by atoms with Crippen molar-refractivity contribution >= 4 is 29.0 Å². The van der Waals surface area contributed by atoms with Crippen molar-refractivity contribution < 1.29 is 18.9 Å². The molecule has 2 aromatic rings. The van der Waals surface area contributed by atoms with Crippen LogP contribution < -0.4 is 4.74 Å². The van der Waals surface area contributed by atoms with Crippen LogP contribution in [0.4, 0.5) is 0 Å². The maximum Gasteiger partial charge on any atom is 0.268 e. The van der Waals surface area contributed by atoms with Gasteiger partial charge in [-0.1, -0.05) is 30.3 Å². The van der Waals surface area contributed by atoms with E-state index in [1.54, 1.807) is 0 Å². The van der Waals surface area contributed by atoms with Crippen LogP contribution in [0.3, 0.4) is 0 Å². The van der Waals surface area contributed by atoms with Gasteiger partial charge in [-0.2, -0.15) is 0 Å². The fourth-order valence-corrected chi connectivity index (χ4v) is 2.49. The molecule has 0 bridgehead atoms. The number of hydroxylamine groups is 2. The predicted octanol–water partition coefficient (Wildman–Crippen LogP) is 3.51. The van der Waals surface area contributed by atoms with Gasteiger partial charge in [0.2, 0.25) is 6.41 Å². The van der Waals surface area contributed by atoms with E-state index in [1.165, 1.54) is 5.06 Å². The first kappa shape index (κ1) is 17.7. The van der Waals surface area contributed by atoms with Gasteiger partial charge in [-0.15, -0.1) is 0 Å². The second-order valence-corrected chi connectivity index (χ2v) is 6.87. The molecule has 23 heavy (non-hydrogen) atoms. The highest BCUT2D eigenvalue weighted by molar-refractivity contribution is 14.1. The van der Waals surface area contributed by atoms with Crippen LogP contribution in [0.15, 0.2) is 34.9 Å². The molecular formula is C16H19IN2O4. The molecule has 7 heteroatoms. The third-order valence-corrected chi connectivity index (χ3v) is 3.65. The Kier molecular flexibility index (Phi) is 6.00. The topological polar surface area (TPSA) is 64.8 Å². The summed E-state index contributed by atoms with van der Waals surface area (Å²) in [4.78, 5) is 16.5. The summed E-state index contributed by atoms with van der Waals surface area (Å²) in [5.74, 6) is 1.07. The van der Waals surface area contributed by atoms with Gasteiger partial charge in [0.1, 0.15) is 10.2 Å². The number of amides is 1. The van der Waals surface area contributed by atoms with Crippen molar-refractivity contribution in [3.05, 3.63) is 33.9 Å². The number of nitrogens with zero attached hydrogens (tertiary/aromatic N) is 2. The summed E-state index contributed by atoms with van der Waals surface area (Å²) in [6, 6.07) is 9.68. The van der Waals surface area contributed by atoms with E-state index in [-0.39, 0.29) is 6.61 Å². The minimum atomic E-state index is -0.441. The summed E-state index contributed by atoms with van der Waals surface area (Å²) in [6.07, 6.45) is 0.637. The second-order valence-electron chi connectivity index (χ2n) is 5.80. The van der Waals surface area contributed by atoms with Crippen LogP contribution in [0, 0.1) is 3.57 Å². The Hall–Kier alpha value is -1.61. The highest BCUT2D eigenvalue weighted by Gasteiger charge is 2.18. The summed E-state index contributed by atoms with van der Waals surface area (Å²) in [5, 5.41) is 5.15. The number of benzene rings is 1. The molecule has 0 saturated carbocycles. The molecule has 1 amide bonds. The van der Waals surface area contributed by atoms with E-state index in [1.807, 2.05) is 51.1 Å². The lowest BCUT2D eigenvalue weighted by atomic mass is 10.2. The van der Waals surface area contributed by atoms with E-state index >= 15 is 0 Å². The molecule has 0 N–H and O–H groups in total. The van der Waals surface area contributed by atoms with Gasteiger partial charge in [-0.05, 0) is 48.5 Å². The number of carbonyl (C=O) groups excluding carboxylic acids is 1. The second kappa shape index (κ2) is 7.78. The summed E-state index contributed by atoms with van der Waals surface area (Å²) in [6.45, 7) is 6.17. The Morgan fingerprint density at radius 3 is 2.61 bits per heavy atom. The zero-order valence-electron chi connectivity index (χ0n) is 13.3. The normalized spacial score (nSPS) is 11.3. The van der Waals surface area contributed by atoms with Crippen molar-refractivity contribution in [3.8, 4) is 17.2 Å². The van der Waals surface area contributed by atoms with Crippen LogP contribution in [0.2, 0.25) is 0 Å². The van der Waals surface area contributed by atoms with Crippen molar-refractivity contribution in [2.24, 2.45) is 0 Å². The standard InChI is InChI=1S/C16H19IN2O4/c1-16(2,3)23-19(11-20)9-10-21-15-13(17)14(22-18-15)12-7-5-4-6-8-12/h4-8,11H,9-10H2,1-3H3. The summed E-state index contributed by atoms with van der Waals surface area (Å²) >= 11 is 2.13. The van der Waals surface area contributed by atoms with Crippen molar-refractivity contribution in [1.29, 1.82) is 0 Å². The van der Waals surface area contributed by atoms with Gasteiger partial charge in [0.25, 0.3) is 5.88 Å². The van der Waals surface area contributed by atoms with Gasteiger partial charge < -0.3 is 9.26 Å². The Morgan fingerprint density at radius 1 is 1.30 bits per heavy atom. The minimum Gasteiger partial charge on any atom is -0.473 e. The number of rotatable bonds is 7. The molecule has 0 fully saturated rings. The lowest BCUT2D eigenvalue weighted by Gasteiger charge is -2.26. The third-order valence-electron chi connectivity index (χ3n) is 2.70. The zero-order valence-corrected chi connectivity index (χ0v) is 15.4. The molecule has 1 aromatic carbocycles. The van der Waals surface area contributed by atoms with Gasteiger partial charge in [0, 0.05) is 5.56 Å². The number of hydrogen-bond donors (Lipinski definition) is 0. The van der Waals surface area contributed by atoms with E-state index in [0.29, 0.717) is 24.6 Å². The van der Waals surface area contributed by atoms with Crippen molar-refractivity contribution in [3.63, 3.8) is 0 Å². The maximum absolute atomic E-state index is 11.0. The molecule has 2 rings (SSSR count). The van der Waals surface area contributed by atoms with Crippen LogP contribution in [0.1, 0.15) is 20.8 Å². The SMILES string of the molecule is CC(C)(C)ON(C=O)CCOc1noc(-c2ccccc2)c1I. The molecule has 6 nitrogen and oxygen atoms in total. The summed E-state index contributed by atoms with van der Waals surface area (Å²) < 4.78 is 11.7. The molecular weight excluding hydrogens is 411 g/mol. The van der Waals surface area contributed by atoms with E-state index < -0.39 is 5.60 Å². The molecule has 124 valence electrons. The van der Waals surface area contributed by atoms with Crippen molar-refractivity contribution in [2.75, 3.05) is 13.2 Å². The zero-order chi connectivity index (χ0) is 16.9. The molecule has 0 radical (unpaired) electrons. The van der Waals surface area contributed by atoms with Gasteiger partial charge in [-0.3, -0.25) is 9.63 Å². The van der Waals surface area contributed by atoms with Crippen LogP contribution in [-0.4, -0.2) is 35.4 Å². The Balaban J connectivity index is 1.94. The van der Waals surface area contributed by atoms with E-state index in [4.69, 9.17) is 14.1 Å². The van der Waals surface area contributed by atoms with Crippen molar-refractivity contribution in [1.82, 2.24) is 10.2 Å². The molecule has 1 aromatic heterocycles.